The quantitative estimate of drug-likeness (QED) is 0.147. The smallest absolute Gasteiger partial charge is 0.164 e. The van der Waals surface area contributed by atoms with E-state index in [1.807, 2.05) is 55.5 Å². The van der Waals surface area contributed by atoms with Crippen LogP contribution < -0.4 is 0 Å². The van der Waals surface area contributed by atoms with Gasteiger partial charge in [-0.3, -0.25) is 0 Å². The molecule has 0 aliphatic heterocycles. The van der Waals surface area contributed by atoms with Crippen molar-refractivity contribution in [3.05, 3.63) is 193 Å². The molecule has 0 aliphatic carbocycles. The Balaban J connectivity index is 1.17. The van der Waals surface area contributed by atoms with Gasteiger partial charge in [-0.25, -0.2) is 15.0 Å². The van der Waals surface area contributed by atoms with Crippen LogP contribution in [0.4, 0.5) is 0 Å². The molecule has 1 heterocycles. The maximum atomic E-state index is 4.91. The summed E-state index contributed by atoms with van der Waals surface area (Å²) in [7, 11) is 0. The average Bonchev–Trinajstić information content (AvgIpc) is 3.18. The number of fused-ring (bicyclic) bond motifs is 1. The Hall–Kier alpha value is -6.19. The van der Waals surface area contributed by atoms with E-state index in [1.54, 1.807) is 6.08 Å². The third kappa shape index (κ3) is 6.59. The van der Waals surface area contributed by atoms with Gasteiger partial charge in [-0.1, -0.05) is 184 Å². The van der Waals surface area contributed by atoms with Crippen LogP contribution in [0.2, 0.25) is 0 Å². The van der Waals surface area contributed by atoms with E-state index in [4.69, 9.17) is 15.0 Å². The van der Waals surface area contributed by atoms with Crippen molar-refractivity contribution < 1.29 is 0 Å². The van der Waals surface area contributed by atoms with Gasteiger partial charge >= 0.3 is 0 Å². The first kappa shape index (κ1) is 32.4. The molecule has 0 saturated carbocycles. The van der Waals surface area contributed by atoms with E-state index in [9.17, 15) is 0 Å². The van der Waals surface area contributed by atoms with Gasteiger partial charge < -0.3 is 0 Å². The van der Waals surface area contributed by atoms with Crippen molar-refractivity contribution in [3.63, 3.8) is 0 Å². The van der Waals surface area contributed by atoms with Gasteiger partial charge in [-0.15, -0.1) is 0 Å². The maximum absolute atomic E-state index is 4.91. The minimum Gasteiger partial charge on any atom is -0.208 e. The molecule has 242 valence electrons. The van der Waals surface area contributed by atoms with Crippen molar-refractivity contribution in [2.75, 3.05) is 0 Å². The molecule has 0 radical (unpaired) electrons. The van der Waals surface area contributed by atoms with Crippen LogP contribution in [0.15, 0.2) is 176 Å². The molecule has 0 saturated heterocycles. The van der Waals surface area contributed by atoms with Gasteiger partial charge in [0.2, 0.25) is 0 Å². The van der Waals surface area contributed by atoms with Crippen molar-refractivity contribution in [2.45, 2.75) is 26.2 Å². The second-order valence-electron chi connectivity index (χ2n) is 12.9. The van der Waals surface area contributed by atoms with Crippen LogP contribution in [0.25, 0.3) is 61.4 Å². The van der Waals surface area contributed by atoms with Crippen LogP contribution in [-0.2, 0) is 5.41 Å². The molecule has 0 N–H and O–H groups in total. The Morgan fingerprint density at radius 3 is 1.80 bits per heavy atom. The molecule has 0 aliphatic rings. The lowest BCUT2D eigenvalue weighted by atomic mass is 9.77. The van der Waals surface area contributed by atoms with E-state index < -0.39 is 0 Å². The molecule has 0 bridgehead atoms. The van der Waals surface area contributed by atoms with Crippen LogP contribution >= 0.6 is 0 Å². The van der Waals surface area contributed by atoms with E-state index in [1.165, 1.54) is 44.2 Å². The van der Waals surface area contributed by atoms with Gasteiger partial charge in [0.25, 0.3) is 0 Å². The van der Waals surface area contributed by atoms with Gasteiger partial charge in [-0.2, -0.15) is 0 Å². The highest BCUT2D eigenvalue weighted by atomic mass is 15.0. The van der Waals surface area contributed by atoms with E-state index in [0.717, 1.165) is 16.7 Å². The van der Waals surface area contributed by atoms with E-state index in [0.29, 0.717) is 17.5 Å². The lowest BCUT2D eigenvalue weighted by Crippen LogP contribution is -2.18. The van der Waals surface area contributed by atoms with Crippen molar-refractivity contribution in [2.24, 2.45) is 0 Å². The first-order chi connectivity index (χ1) is 24.4. The number of hydrogen-bond acceptors (Lipinski definition) is 3. The van der Waals surface area contributed by atoms with E-state index in [-0.39, 0.29) is 5.41 Å². The van der Waals surface area contributed by atoms with Gasteiger partial charge in [0.1, 0.15) is 0 Å². The molecular formula is C47H39N3. The lowest BCUT2D eigenvalue weighted by molar-refractivity contribution is 0.641. The Kier molecular flexibility index (Phi) is 9.14. The number of hydrogen-bond donors (Lipinski definition) is 0. The Morgan fingerprint density at radius 1 is 0.560 bits per heavy atom. The summed E-state index contributed by atoms with van der Waals surface area (Å²) in [5, 5.41) is 2.52. The third-order valence-electron chi connectivity index (χ3n) is 9.34. The van der Waals surface area contributed by atoms with Crippen LogP contribution in [0.5, 0.6) is 0 Å². The number of rotatable bonds is 9. The first-order valence-corrected chi connectivity index (χ1v) is 17.0. The fourth-order valence-electron chi connectivity index (χ4n) is 6.49. The zero-order chi connectivity index (χ0) is 34.5. The molecule has 0 spiro atoms. The average molecular weight is 646 g/mol. The molecule has 3 heteroatoms. The minimum atomic E-state index is -0.215. The van der Waals surface area contributed by atoms with Gasteiger partial charge in [0, 0.05) is 22.1 Å². The molecule has 0 amide bonds. The number of nitrogens with zero attached hydrogens (tertiary/aromatic N) is 3. The van der Waals surface area contributed by atoms with E-state index in [2.05, 4.69) is 136 Å². The highest BCUT2D eigenvalue weighted by Crippen LogP contribution is 2.36. The summed E-state index contributed by atoms with van der Waals surface area (Å²) in [4.78, 5) is 14.6. The lowest BCUT2D eigenvalue weighted by Gasteiger charge is -2.26. The summed E-state index contributed by atoms with van der Waals surface area (Å²) in [5.41, 5.74) is 9.88. The summed E-state index contributed by atoms with van der Waals surface area (Å²) >= 11 is 0. The summed E-state index contributed by atoms with van der Waals surface area (Å²) in [6, 6.07) is 51.6. The molecule has 1 aromatic heterocycles. The molecule has 7 rings (SSSR count). The van der Waals surface area contributed by atoms with Crippen LogP contribution in [-0.4, -0.2) is 15.0 Å². The van der Waals surface area contributed by atoms with Crippen LogP contribution in [0, 0.1) is 0 Å². The second kappa shape index (κ2) is 14.1. The molecule has 7 aromatic rings. The van der Waals surface area contributed by atoms with Crippen LogP contribution in [0.3, 0.4) is 0 Å². The third-order valence-corrected chi connectivity index (χ3v) is 9.34. The fourth-order valence-corrected chi connectivity index (χ4v) is 6.49. The predicted molar refractivity (Wildman–Crippen MR) is 211 cm³/mol. The summed E-state index contributed by atoms with van der Waals surface area (Å²) in [6.07, 6.45) is 7.66. The summed E-state index contributed by atoms with van der Waals surface area (Å²) in [5.74, 6) is 1.88. The zero-order valence-corrected chi connectivity index (χ0v) is 28.7. The zero-order valence-electron chi connectivity index (χ0n) is 28.7. The first-order valence-electron chi connectivity index (χ1n) is 17.0. The van der Waals surface area contributed by atoms with E-state index >= 15 is 0 Å². The Bertz CT molecular complexity index is 2340. The Morgan fingerprint density at radius 2 is 1.12 bits per heavy atom. The Labute approximate surface area is 295 Å². The molecule has 3 nitrogen and oxygen atoms in total. The van der Waals surface area contributed by atoms with Crippen molar-refractivity contribution in [1.82, 2.24) is 15.0 Å². The van der Waals surface area contributed by atoms with Crippen molar-refractivity contribution in [3.8, 4) is 45.0 Å². The fraction of sp³-hybridized carbons (Fsp3) is 0.0851. The van der Waals surface area contributed by atoms with Crippen molar-refractivity contribution >= 4 is 16.3 Å². The number of aromatic nitrogens is 3. The topological polar surface area (TPSA) is 38.7 Å². The maximum Gasteiger partial charge on any atom is 0.164 e. The molecule has 50 heavy (non-hydrogen) atoms. The highest BCUT2D eigenvalue weighted by Gasteiger charge is 2.23. The molecule has 0 unspecified atom stereocenters. The second-order valence-corrected chi connectivity index (χ2v) is 12.9. The van der Waals surface area contributed by atoms with Gasteiger partial charge in [0.15, 0.2) is 17.5 Å². The molecular weight excluding hydrogens is 607 g/mol. The van der Waals surface area contributed by atoms with Gasteiger partial charge in [0.05, 0.1) is 0 Å². The minimum absolute atomic E-state index is 0.215. The number of benzene rings is 6. The SMILES string of the molecule is C=C/C=C(\C=C/C)c1nc(-c2ccccc2)nc(-c2ccc(C(C)(C)c3ccc(-c4cccc(-c5cccc6ccccc56)c4)cc3)cc2)n1. The standard InChI is InChI=1S/C47H39N3/c1-5-14-35(15-6-2)44-48-45(36-17-8-7-9-18-36)50-46(49-44)37-26-30-41(31-27-37)47(3,4)40-28-24-33(25-29-40)38-20-12-21-39(32-38)43-23-13-19-34-16-10-11-22-42(34)43/h5-32H,1H2,2-4H3/b15-6-,35-14+. The van der Waals surface area contributed by atoms with Crippen LogP contribution in [0.1, 0.15) is 37.7 Å². The largest absolute Gasteiger partial charge is 0.208 e. The van der Waals surface area contributed by atoms with Crippen molar-refractivity contribution in [1.29, 1.82) is 0 Å². The number of allylic oxidation sites excluding steroid dienone is 5. The molecule has 0 fully saturated rings. The molecule has 0 atom stereocenters. The molecule has 6 aromatic carbocycles. The highest BCUT2D eigenvalue weighted by molar-refractivity contribution is 5.97. The van der Waals surface area contributed by atoms with Gasteiger partial charge in [-0.05, 0) is 57.1 Å². The summed E-state index contributed by atoms with van der Waals surface area (Å²) < 4.78 is 0. The monoisotopic (exact) mass is 645 g/mol. The predicted octanol–water partition coefficient (Wildman–Crippen LogP) is 12.2. The summed E-state index contributed by atoms with van der Waals surface area (Å²) in [6.45, 7) is 10.4. The normalized spacial score (nSPS) is 12.0.